The van der Waals surface area contributed by atoms with Crippen molar-refractivity contribution in [1.29, 1.82) is 0 Å². The number of hydrogen-bond acceptors (Lipinski definition) is 2. The molecule has 2 heteroatoms. The van der Waals surface area contributed by atoms with E-state index in [1.807, 2.05) is 0 Å². The largest absolute Gasteiger partial charge is 0.352 e. The van der Waals surface area contributed by atoms with Gasteiger partial charge in [0.1, 0.15) is 0 Å². The van der Waals surface area contributed by atoms with Crippen molar-refractivity contribution in [2.45, 2.75) is 27.1 Å². The van der Waals surface area contributed by atoms with E-state index in [9.17, 15) is 0 Å². The SMILES string of the molecule is [CH]C1COC(C(C)(C)C)OC1. The van der Waals surface area contributed by atoms with Gasteiger partial charge in [0.15, 0.2) is 6.29 Å². The topological polar surface area (TPSA) is 18.5 Å². The first kappa shape index (κ1) is 9.01. The van der Waals surface area contributed by atoms with Gasteiger partial charge in [-0.25, -0.2) is 0 Å². The highest BCUT2D eigenvalue weighted by Crippen LogP contribution is 2.26. The van der Waals surface area contributed by atoms with Gasteiger partial charge in [-0.05, 0) is 6.92 Å². The molecule has 1 aliphatic rings. The molecule has 1 fully saturated rings. The van der Waals surface area contributed by atoms with Crippen LogP contribution in [-0.4, -0.2) is 19.5 Å². The predicted molar refractivity (Wildman–Crippen MR) is 42.9 cm³/mol. The summed E-state index contributed by atoms with van der Waals surface area (Å²) in [4.78, 5) is 0. The third-order valence-electron chi connectivity index (χ3n) is 1.63. The van der Waals surface area contributed by atoms with Gasteiger partial charge in [0.25, 0.3) is 0 Å². The summed E-state index contributed by atoms with van der Waals surface area (Å²) in [5, 5.41) is 0. The maximum Gasteiger partial charge on any atom is 0.162 e. The lowest BCUT2D eigenvalue weighted by Crippen LogP contribution is -2.39. The highest BCUT2D eigenvalue weighted by atomic mass is 16.7. The molecule has 1 heterocycles. The molecule has 2 radical (unpaired) electrons. The van der Waals surface area contributed by atoms with Crippen molar-refractivity contribution in [3.05, 3.63) is 6.92 Å². The van der Waals surface area contributed by atoms with Gasteiger partial charge in [-0.1, -0.05) is 20.8 Å². The fraction of sp³-hybridized carbons (Fsp3) is 0.889. The van der Waals surface area contributed by atoms with E-state index in [4.69, 9.17) is 16.4 Å². The Morgan fingerprint density at radius 1 is 1.18 bits per heavy atom. The second-order valence-corrected chi connectivity index (χ2v) is 4.12. The molecule has 0 saturated carbocycles. The molecule has 0 aromatic rings. The molecule has 2 nitrogen and oxygen atoms in total. The molecule has 64 valence electrons. The summed E-state index contributed by atoms with van der Waals surface area (Å²) < 4.78 is 10.8. The lowest BCUT2D eigenvalue weighted by Gasteiger charge is -2.35. The minimum Gasteiger partial charge on any atom is -0.352 e. The number of ether oxygens (including phenoxy) is 2. The predicted octanol–water partition coefficient (Wildman–Crippen LogP) is 1.73. The summed E-state index contributed by atoms with van der Waals surface area (Å²) in [6.07, 6.45) is -0.0951. The van der Waals surface area contributed by atoms with Crippen molar-refractivity contribution in [1.82, 2.24) is 0 Å². The van der Waals surface area contributed by atoms with E-state index in [2.05, 4.69) is 20.8 Å². The Labute approximate surface area is 68.9 Å². The van der Waals surface area contributed by atoms with Crippen LogP contribution in [0.2, 0.25) is 0 Å². The second kappa shape index (κ2) is 3.11. The van der Waals surface area contributed by atoms with Gasteiger partial charge in [0.2, 0.25) is 0 Å². The molecule has 0 aliphatic carbocycles. The van der Waals surface area contributed by atoms with Crippen LogP contribution in [0.25, 0.3) is 0 Å². The summed E-state index contributed by atoms with van der Waals surface area (Å²) in [6.45, 7) is 13.1. The summed E-state index contributed by atoms with van der Waals surface area (Å²) in [7, 11) is 0. The summed E-state index contributed by atoms with van der Waals surface area (Å²) in [5.74, 6) is 0.0496. The molecule has 11 heavy (non-hydrogen) atoms. The van der Waals surface area contributed by atoms with Crippen LogP contribution in [0, 0.1) is 18.3 Å². The molecular formula is C9H16O2. The number of rotatable bonds is 0. The van der Waals surface area contributed by atoms with Crippen LogP contribution in [0.1, 0.15) is 20.8 Å². The summed E-state index contributed by atoms with van der Waals surface area (Å²) in [6, 6.07) is 0. The van der Waals surface area contributed by atoms with Gasteiger partial charge in [0, 0.05) is 11.3 Å². The normalized spacial score (nSPS) is 33.8. The van der Waals surface area contributed by atoms with Crippen molar-refractivity contribution >= 4 is 0 Å². The average Bonchev–Trinajstić information content (AvgIpc) is 1.86. The van der Waals surface area contributed by atoms with Crippen molar-refractivity contribution in [2.24, 2.45) is 11.3 Å². The monoisotopic (exact) mass is 156 g/mol. The minimum atomic E-state index is -0.0951. The molecule has 0 atom stereocenters. The van der Waals surface area contributed by atoms with Crippen LogP contribution in [0.3, 0.4) is 0 Å². The highest BCUT2D eigenvalue weighted by Gasteiger charge is 2.30. The zero-order chi connectivity index (χ0) is 8.48. The summed E-state index contributed by atoms with van der Waals surface area (Å²) in [5.41, 5.74) is 0.0557. The van der Waals surface area contributed by atoms with E-state index in [1.165, 1.54) is 0 Å². The van der Waals surface area contributed by atoms with Crippen LogP contribution in [0.15, 0.2) is 0 Å². The molecule has 0 aromatic carbocycles. The van der Waals surface area contributed by atoms with Crippen LogP contribution in [0.5, 0.6) is 0 Å². The Kier molecular flexibility index (Phi) is 2.55. The molecule has 1 saturated heterocycles. The standard InChI is InChI=1S/C9H16O2/c1-7-5-10-8(11-6-7)9(2,3)4/h1,7-8H,5-6H2,2-4H3. The fourth-order valence-electron chi connectivity index (χ4n) is 1.02. The van der Waals surface area contributed by atoms with Crippen molar-refractivity contribution in [3.63, 3.8) is 0 Å². The van der Waals surface area contributed by atoms with Gasteiger partial charge < -0.3 is 9.47 Å². The van der Waals surface area contributed by atoms with Crippen molar-refractivity contribution in [2.75, 3.05) is 13.2 Å². The van der Waals surface area contributed by atoms with E-state index >= 15 is 0 Å². The fourth-order valence-corrected chi connectivity index (χ4v) is 1.02. The molecule has 0 unspecified atom stereocenters. The van der Waals surface area contributed by atoms with Gasteiger partial charge in [-0.2, -0.15) is 0 Å². The van der Waals surface area contributed by atoms with Crippen LogP contribution in [0.4, 0.5) is 0 Å². The zero-order valence-electron chi connectivity index (χ0n) is 7.46. The van der Waals surface area contributed by atoms with Crippen LogP contribution < -0.4 is 0 Å². The summed E-state index contributed by atoms with van der Waals surface area (Å²) >= 11 is 0. The van der Waals surface area contributed by atoms with Gasteiger partial charge >= 0.3 is 0 Å². The highest BCUT2D eigenvalue weighted by molar-refractivity contribution is 4.72. The van der Waals surface area contributed by atoms with Crippen molar-refractivity contribution < 1.29 is 9.47 Å². The third-order valence-corrected chi connectivity index (χ3v) is 1.63. The molecule has 0 N–H and O–H groups in total. The number of hydrogen-bond donors (Lipinski definition) is 0. The first-order chi connectivity index (χ1) is 5.00. The van der Waals surface area contributed by atoms with Gasteiger partial charge in [-0.15, -0.1) is 0 Å². The molecule has 0 spiro atoms. The molecule has 1 rings (SSSR count). The Bertz CT molecular complexity index is 118. The Balaban J connectivity index is 2.39. The Hall–Kier alpha value is -0.0800. The van der Waals surface area contributed by atoms with Gasteiger partial charge in [0.05, 0.1) is 13.2 Å². The van der Waals surface area contributed by atoms with E-state index in [0.29, 0.717) is 13.2 Å². The molecule has 0 bridgehead atoms. The van der Waals surface area contributed by atoms with Gasteiger partial charge in [-0.3, -0.25) is 0 Å². The van der Waals surface area contributed by atoms with Crippen LogP contribution >= 0.6 is 0 Å². The minimum absolute atomic E-state index is 0.0496. The smallest absolute Gasteiger partial charge is 0.162 e. The van der Waals surface area contributed by atoms with Crippen molar-refractivity contribution in [3.8, 4) is 0 Å². The van der Waals surface area contributed by atoms with E-state index < -0.39 is 0 Å². The maximum absolute atomic E-state index is 5.59. The first-order valence-electron chi connectivity index (χ1n) is 3.99. The molecule has 0 amide bonds. The lowest BCUT2D eigenvalue weighted by molar-refractivity contribution is -0.236. The zero-order valence-corrected chi connectivity index (χ0v) is 7.46. The van der Waals surface area contributed by atoms with Crippen LogP contribution in [-0.2, 0) is 9.47 Å². The van der Waals surface area contributed by atoms with E-state index in [0.717, 1.165) is 0 Å². The molecule has 1 aliphatic heterocycles. The van der Waals surface area contributed by atoms with E-state index in [-0.39, 0.29) is 17.6 Å². The maximum atomic E-state index is 5.59. The Morgan fingerprint density at radius 2 is 1.64 bits per heavy atom. The molecular weight excluding hydrogens is 140 g/mol. The quantitative estimate of drug-likeness (QED) is 0.532. The van der Waals surface area contributed by atoms with E-state index in [1.54, 1.807) is 0 Å². The average molecular weight is 156 g/mol. The lowest BCUT2D eigenvalue weighted by atomic mass is 9.95. The Morgan fingerprint density at radius 3 is 2.00 bits per heavy atom. The second-order valence-electron chi connectivity index (χ2n) is 4.12. The first-order valence-corrected chi connectivity index (χ1v) is 3.99. The third kappa shape index (κ3) is 2.46. The molecule has 0 aromatic heterocycles.